The third kappa shape index (κ3) is 5.25. The average Bonchev–Trinajstić information content (AvgIpc) is 3.15. The van der Waals surface area contributed by atoms with Gasteiger partial charge in [0, 0.05) is 12.8 Å². The van der Waals surface area contributed by atoms with E-state index in [0.29, 0.717) is 22.6 Å². The third-order valence-electron chi connectivity index (χ3n) is 4.49. The number of alkyl halides is 3. The number of hydrogen-bond donors (Lipinski definition) is 1. The molecule has 3 nitrogen and oxygen atoms in total. The molecule has 0 saturated carbocycles. The standard InChI is InChI=1S/C22H19F4NO2/c1-14(15-5-4-6-16(13-15)22(24,25)26)27-21(28)12-10-17-9-11-20(29-17)18-7-2-3-8-19(18)23/h2-9,11,13-14H,10,12H2,1H3,(H,27,28). The molecule has 0 aliphatic rings. The Morgan fingerprint density at radius 1 is 1.07 bits per heavy atom. The Hall–Kier alpha value is -3.09. The van der Waals surface area contributed by atoms with E-state index in [4.69, 9.17) is 4.42 Å². The summed E-state index contributed by atoms with van der Waals surface area (Å²) in [5, 5.41) is 2.68. The fourth-order valence-corrected chi connectivity index (χ4v) is 2.94. The minimum absolute atomic E-state index is 0.0908. The van der Waals surface area contributed by atoms with Crippen LogP contribution in [0.2, 0.25) is 0 Å². The normalized spacial score (nSPS) is 12.6. The lowest BCUT2D eigenvalue weighted by Crippen LogP contribution is -2.27. The van der Waals surface area contributed by atoms with Crippen molar-refractivity contribution in [1.29, 1.82) is 0 Å². The van der Waals surface area contributed by atoms with Crippen LogP contribution in [0.3, 0.4) is 0 Å². The van der Waals surface area contributed by atoms with Crippen LogP contribution in [-0.2, 0) is 17.4 Å². The summed E-state index contributed by atoms with van der Waals surface area (Å²) < 4.78 is 57.9. The summed E-state index contributed by atoms with van der Waals surface area (Å²) in [6.07, 6.45) is -4.06. The molecule has 0 saturated heterocycles. The molecule has 1 aromatic heterocycles. The molecule has 0 radical (unpaired) electrons. The van der Waals surface area contributed by atoms with E-state index < -0.39 is 23.6 Å². The van der Waals surface area contributed by atoms with Crippen molar-refractivity contribution in [1.82, 2.24) is 5.32 Å². The lowest BCUT2D eigenvalue weighted by atomic mass is 10.0. The number of rotatable bonds is 6. The first-order valence-corrected chi connectivity index (χ1v) is 9.04. The van der Waals surface area contributed by atoms with Crippen LogP contribution in [0.15, 0.2) is 65.1 Å². The van der Waals surface area contributed by atoms with E-state index in [1.165, 1.54) is 18.2 Å². The van der Waals surface area contributed by atoms with Gasteiger partial charge in [-0.3, -0.25) is 4.79 Å². The number of carbonyl (C=O) groups excluding carboxylic acids is 1. The van der Waals surface area contributed by atoms with Crippen molar-refractivity contribution in [3.8, 4) is 11.3 Å². The van der Waals surface area contributed by atoms with Gasteiger partial charge in [0.05, 0.1) is 17.2 Å². The van der Waals surface area contributed by atoms with Gasteiger partial charge in [-0.05, 0) is 48.9 Å². The smallest absolute Gasteiger partial charge is 0.416 e. The topological polar surface area (TPSA) is 42.2 Å². The Bertz CT molecular complexity index is 994. The van der Waals surface area contributed by atoms with Crippen LogP contribution in [-0.4, -0.2) is 5.91 Å². The SMILES string of the molecule is CC(NC(=O)CCc1ccc(-c2ccccc2F)o1)c1cccc(C(F)(F)F)c1. The van der Waals surface area contributed by atoms with E-state index in [0.717, 1.165) is 12.1 Å². The second-order valence-corrected chi connectivity index (χ2v) is 6.66. The van der Waals surface area contributed by atoms with Crippen LogP contribution in [0.5, 0.6) is 0 Å². The second-order valence-electron chi connectivity index (χ2n) is 6.66. The summed E-state index contributed by atoms with van der Waals surface area (Å²) in [4.78, 5) is 12.2. The summed E-state index contributed by atoms with van der Waals surface area (Å²) in [6.45, 7) is 1.62. The van der Waals surface area contributed by atoms with E-state index in [1.807, 2.05) is 0 Å². The number of aryl methyl sites for hydroxylation is 1. The average molecular weight is 405 g/mol. The fourth-order valence-electron chi connectivity index (χ4n) is 2.94. The van der Waals surface area contributed by atoms with Gasteiger partial charge in [0.1, 0.15) is 17.3 Å². The molecule has 29 heavy (non-hydrogen) atoms. The number of carbonyl (C=O) groups is 1. The van der Waals surface area contributed by atoms with Crippen LogP contribution in [0, 0.1) is 5.82 Å². The maximum absolute atomic E-state index is 13.8. The summed E-state index contributed by atoms with van der Waals surface area (Å²) in [6, 6.07) is 13.8. The van der Waals surface area contributed by atoms with E-state index in [9.17, 15) is 22.4 Å². The van der Waals surface area contributed by atoms with Gasteiger partial charge in [-0.25, -0.2) is 4.39 Å². The molecule has 7 heteroatoms. The molecular weight excluding hydrogens is 386 g/mol. The number of amides is 1. The predicted octanol–water partition coefficient (Wildman–Crippen LogP) is 5.91. The maximum atomic E-state index is 13.8. The van der Waals surface area contributed by atoms with Crippen molar-refractivity contribution < 1.29 is 26.8 Å². The second kappa shape index (κ2) is 8.51. The zero-order chi connectivity index (χ0) is 21.0. The van der Waals surface area contributed by atoms with Crippen LogP contribution >= 0.6 is 0 Å². The molecule has 3 rings (SSSR count). The minimum atomic E-state index is -4.44. The van der Waals surface area contributed by atoms with Crippen LogP contribution < -0.4 is 5.32 Å². The van der Waals surface area contributed by atoms with Crippen molar-refractivity contribution in [3.63, 3.8) is 0 Å². The van der Waals surface area contributed by atoms with Crippen molar-refractivity contribution in [2.75, 3.05) is 0 Å². The molecule has 3 aromatic rings. The van der Waals surface area contributed by atoms with Crippen molar-refractivity contribution >= 4 is 5.91 Å². The zero-order valence-electron chi connectivity index (χ0n) is 15.6. The first kappa shape index (κ1) is 20.6. The lowest BCUT2D eigenvalue weighted by Gasteiger charge is -2.16. The van der Waals surface area contributed by atoms with Gasteiger partial charge in [-0.1, -0.05) is 24.3 Å². The zero-order valence-corrected chi connectivity index (χ0v) is 15.6. The van der Waals surface area contributed by atoms with E-state index in [2.05, 4.69) is 5.32 Å². The molecule has 2 aromatic carbocycles. The van der Waals surface area contributed by atoms with Crippen molar-refractivity contribution in [3.05, 3.63) is 83.4 Å². The summed E-state index contributed by atoms with van der Waals surface area (Å²) >= 11 is 0. The lowest BCUT2D eigenvalue weighted by molar-refractivity contribution is -0.137. The highest BCUT2D eigenvalue weighted by atomic mass is 19.4. The van der Waals surface area contributed by atoms with Gasteiger partial charge in [-0.15, -0.1) is 0 Å². The van der Waals surface area contributed by atoms with E-state index in [-0.39, 0.29) is 18.7 Å². The molecule has 1 amide bonds. The van der Waals surface area contributed by atoms with Gasteiger partial charge < -0.3 is 9.73 Å². The first-order chi connectivity index (χ1) is 13.7. The highest BCUT2D eigenvalue weighted by Gasteiger charge is 2.30. The number of nitrogens with one attached hydrogen (secondary N) is 1. The van der Waals surface area contributed by atoms with E-state index >= 15 is 0 Å². The number of hydrogen-bond acceptors (Lipinski definition) is 2. The maximum Gasteiger partial charge on any atom is 0.416 e. The fraction of sp³-hybridized carbons (Fsp3) is 0.227. The number of benzene rings is 2. The van der Waals surface area contributed by atoms with Crippen molar-refractivity contribution in [2.24, 2.45) is 0 Å². The molecule has 0 bridgehead atoms. The third-order valence-corrected chi connectivity index (χ3v) is 4.49. The molecule has 0 aliphatic heterocycles. The van der Waals surface area contributed by atoms with Crippen LogP contribution in [0.1, 0.15) is 36.3 Å². The van der Waals surface area contributed by atoms with Crippen molar-refractivity contribution in [2.45, 2.75) is 32.0 Å². The first-order valence-electron chi connectivity index (χ1n) is 9.04. The summed E-state index contributed by atoms with van der Waals surface area (Å²) in [5.41, 5.74) is -0.0539. The molecule has 152 valence electrons. The molecule has 0 spiro atoms. The Labute approximate surface area is 165 Å². The monoisotopic (exact) mass is 405 g/mol. The number of halogens is 4. The summed E-state index contributed by atoms with van der Waals surface area (Å²) in [5.74, 6) is 0.167. The Morgan fingerprint density at radius 3 is 2.55 bits per heavy atom. The van der Waals surface area contributed by atoms with Gasteiger partial charge in [0.15, 0.2) is 0 Å². The Kier molecular flexibility index (Phi) is 6.06. The van der Waals surface area contributed by atoms with E-state index in [1.54, 1.807) is 37.3 Å². The van der Waals surface area contributed by atoms with Crippen LogP contribution in [0.25, 0.3) is 11.3 Å². The van der Waals surface area contributed by atoms with Gasteiger partial charge in [-0.2, -0.15) is 13.2 Å². The quantitative estimate of drug-likeness (QED) is 0.518. The molecule has 1 unspecified atom stereocenters. The van der Waals surface area contributed by atoms with Gasteiger partial charge in [0.25, 0.3) is 0 Å². The molecule has 0 aliphatic carbocycles. The predicted molar refractivity (Wildman–Crippen MR) is 100 cm³/mol. The molecular formula is C22H19F4NO2. The highest BCUT2D eigenvalue weighted by molar-refractivity contribution is 5.76. The van der Waals surface area contributed by atoms with Gasteiger partial charge in [0.2, 0.25) is 5.91 Å². The molecule has 1 N–H and O–H groups in total. The Morgan fingerprint density at radius 2 is 1.83 bits per heavy atom. The molecule has 0 fully saturated rings. The van der Waals surface area contributed by atoms with Gasteiger partial charge >= 0.3 is 6.18 Å². The van der Waals surface area contributed by atoms with Crippen LogP contribution in [0.4, 0.5) is 17.6 Å². The molecule has 1 heterocycles. The molecule has 1 atom stereocenters. The minimum Gasteiger partial charge on any atom is -0.461 e. The number of furan rings is 1. The summed E-state index contributed by atoms with van der Waals surface area (Å²) in [7, 11) is 0. The largest absolute Gasteiger partial charge is 0.461 e. The highest BCUT2D eigenvalue weighted by Crippen LogP contribution is 2.31. The Balaban J connectivity index is 1.57.